The lowest BCUT2D eigenvalue weighted by atomic mass is 10.0. The molecular weight excluding hydrogens is 314 g/mol. The smallest absolute Gasteiger partial charge is 0.251 e. The highest BCUT2D eigenvalue weighted by atomic mass is 16.5. The number of para-hydroxylation sites is 2. The van der Waals surface area contributed by atoms with Crippen LogP contribution >= 0.6 is 0 Å². The summed E-state index contributed by atoms with van der Waals surface area (Å²) in [5, 5.41) is 3.01. The molecule has 2 N–H and O–H groups in total. The fourth-order valence-corrected chi connectivity index (χ4v) is 3.18. The molecule has 0 bridgehead atoms. The number of carbonyl (C=O) groups excluding carboxylic acids is 1. The van der Waals surface area contributed by atoms with Gasteiger partial charge in [0.05, 0.1) is 17.6 Å². The zero-order valence-electron chi connectivity index (χ0n) is 14.0. The molecule has 2 aromatic carbocycles. The molecule has 0 radical (unpaired) electrons. The van der Waals surface area contributed by atoms with Crippen molar-refractivity contribution in [3.8, 4) is 11.4 Å². The van der Waals surface area contributed by atoms with Crippen molar-refractivity contribution >= 4 is 16.9 Å². The monoisotopic (exact) mass is 335 g/mol. The summed E-state index contributed by atoms with van der Waals surface area (Å²) in [4.78, 5) is 20.2. The molecule has 0 spiro atoms. The van der Waals surface area contributed by atoms with E-state index in [1.807, 2.05) is 48.5 Å². The van der Waals surface area contributed by atoms with Gasteiger partial charge in [-0.2, -0.15) is 0 Å². The Balaban J connectivity index is 1.43. The summed E-state index contributed by atoms with van der Waals surface area (Å²) in [6.07, 6.45) is 2.19. The van der Waals surface area contributed by atoms with E-state index in [1.54, 1.807) is 0 Å². The van der Waals surface area contributed by atoms with Crippen molar-refractivity contribution in [3.63, 3.8) is 0 Å². The maximum absolute atomic E-state index is 12.3. The van der Waals surface area contributed by atoms with Crippen molar-refractivity contribution in [2.24, 2.45) is 5.92 Å². The Hall–Kier alpha value is -2.66. The number of rotatable bonds is 4. The van der Waals surface area contributed by atoms with Gasteiger partial charge in [0.1, 0.15) is 5.82 Å². The summed E-state index contributed by atoms with van der Waals surface area (Å²) in [7, 11) is 0. The number of benzene rings is 2. The lowest BCUT2D eigenvalue weighted by Crippen LogP contribution is -2.33. The molecule has 25 heavy (non-hydrogen) atoms. The predicted octanol–water partition coefficient (Wildman–Crippen LogP) is 3.39. The third-order valence-corrected chi connectivity index (χ3v) is 4.62. The molecule has 1 aromatic heterocycles. The number of H-pyrrole nitrogens is 1. The predicted molar refractivity (Wildman–Crippen MR) is 97.4 cm³/mol. The first-order valence-electron chi connectivity index (χ1n) is 8.71. The number of imidazole rings is 1. The fraction of sp³-hybridized carbons (Fsp3) is 0.300. The highest BCUT2D eigenvalue weighted by molar-refractivity contribution is 5.94. The Morgan fingerprint density at radius 3 is 2.80 bits per heavy atom. The van der Waals surface area contributed by atoms with E-state index < -0.39 is 0 Å². The molecule has 4 rings (SSSR count). The minimum atomic E-state index is -0.0401. The number of nitrogens with zero attached hydrogens (tertiary/aromatic N) is 1. The van der Waals surface area contributed by atoms with E-state index in [0.29, 0.717) is 18.0 Å². The molecule has 5 heteroatoms. The van der Waals surface area contributed by atoms with Crippen molar-refractivity contribution in [1.29, 1.82) is 0 Å². The van der Waals surface area contributed by atoms with Gasteiger partial charge in [-0.05, 0) is 43.0 Å². The number of ether oxygens (including phenoxy) is 1. The number of hydrogen-bond acceptors (Lipinski definition) is 3. The first kappa shape index (κ1) is 15.8. The molecule has 1 unspecified atom stereocenters. The standard InChI is InChI=1S/C20H21N3O2/c24-20(21-12-14-4-3-11-25-13-14)16-9-7-15(8-10-16)19-22-17-5-1-2-6-18(17)23-19/h1-2,5-10,14H,3-4,11-13H2,(H,21,24)(H,22,23). The fourth-order valence-electron chi connectivity index (χ4n) is 3.18. The number of nitrogens with one attached hydrogen (secondary N) is 2. The van der Waals surface area contributed by atoms with Crippen molar-refractivity contribution in [3.05, 3.63) is 54.1 Å². The van der Waals surface area contributed by atoms with Gasteiger partial charge in [0, 0.05) is 24.3 Å². The second-order valence-electron chi connectivity index (χ2n) is 6.47. The van der Waals surface area contributed by atoms with Crippen LogP contribution in [-0.4, -0.2) is 35.6 Å². The molecule has 1 saturated heterocycles. The summed E-state index contributed by atoms with van der Waals surface area (Å²) >= 11 is 0. The molecule has 1 aliphatic rings. The Bertz CT molecular complexity index is 831. The number of hydrogen-bond donors (Lipinski definition) is 2. The Labute approximate surface area is 146 Å². The zero-order valence-corrected chi connectivity index (χ0v) is 14.0. The molecular formula is C20H21N3O2. The lowest BCUT2D eigenvalue weighted by Gasteiger charge is -2.22. The van der Waals surface area contributed by atoms with E-state index in [-0.39, 0.29) is 5.91 Å². The normalized spacial score (nSPS) is 17.5. The Kier molecular flexibility index (Phi) is 4.48. The second kappa shape index (κ2) is 7.07. The van der Waals surface area contributed by atoms with Gasteiger partial charge in [-0.3, -0.25) is 4.79 Å². The third kappa shape index (κ3) is 3.56. The maximum atomic E-state index is 12.3. The van der Waals surface area contributed by atoms with Crippen molar-refractivity contribution in [2.45, 2.75) is 12.8 Å². The van der Waals surface area contributed by atoms with Gasteiger partial charge in [0.2, 0.25) is 0 Å². The quantitative estimate of drug-likeness (QED) is 0.768. The molecule has 1 atom stereocenters. The molecule has 2 heterocycles. The van der Waals surface area contributed by atoms with E-state index in [1.165, 1.54) is 0 Å². The van der Waals surface area contributed by atoms with Crippen LogP contribution in [0.3, 0.4) is 0 Å². The lowest BCUT2D eigenvalue weighted by molar-refractivity contribution is 0.0536. The summed E-state index contributed by atoms with van der Waals surface area (Å²) in [6, 6.07) is 15.5. The van der Waals surface area contributed by atoms with Crippen LogP contribution in [0.15, 0.2) is 48.5 Å². The molecule has 1 fully saturated rings. The van der Waals surface area contributed by atoms with Crippen LogP contribution in [0.2, 0.25) is 0 Å². The van der Waals surface area contributed by atoms with E-state index in [4.69, 9.17) is 4.74 Å². The molecule has 1 aliphatic heterocycles. The number of amides is 1. The van der Waals surface area contributed by atoms with Gasteiger partial charge >= 0.3 is 0 Å². The first-order valence-corrected chi connectivity index (χ1v) is 8.71. The van der Waals surface area contributed by atoms with Crippen LogP contribution in [0.1, 0.15) is 23.2 Å². The summed E-state index contributed by atoms with van der Waals surface area (Å²) in [5.41, 5.74) is 3.58. The van der Waals surface area contributed by atoms with Crippen LogP contribution in [-0.2, 0) is 4.74 Å². The van der Waals surface area contributed by atoms with Gasteiger partial charge in [0.25, 0.3) is 5.91 Å². The highest BCUT2D eigenvalue weighted by Crippen LogP contribution is 2.20. The minimum absolute atomic E-state index is 0.0401. The van der Waals surface area contributed by atoms with Gasteiger partial charge in [-0.1, -0.05) is 24.3 Å². The highest BCUT2D eigenvalue weighted by Gasteiger charge is 2.15. The number of fused-ring (bicyclic) bond motifs is 1. The van der Waals surface area contributed by atoms with Crippen molar-refractivity contribution < 1.29 is 9.53 Å². The minimum Gasteiger partial charge on any atom is -0.381 e. The summed E-state index contributed by atoms with van der Waals surface area (Å²) in [5.74, 6) is 1.20. The van der Waals surface area contributed by atoms with Gasteiger partial charge in [-0.25, -0.2) is 4.98 Å². The molecule has 5 nitrogen and oxygen atoms in total. The van der Waals surface area contributed by atoms with Crippen LogP contribution < -0.4 is 5.32 Å². The molecule has 3 aromatic rings. The van der Waals surface area contributed by atoms with Crippen LogP contribution in [0.4, 0.5) is 0 Å². The molecule has 128 valence electrons. The van der Waals surface area contributed by atoms with Crippen molar-refractivity contribution in [1.82, 2.24) is 15.3 Å². The summed E-state index contributed by atoms with van der Waals surface area (Å²) in [6.45, 7) is 2.25. The largest absolute Gasteiger partial charge is 0.381 e. The average molecular weight is 335 g/mol. The van der Waals surface area contributed by atoms with Crippen LogP contribution in [0.25, 0.3) is 22.4 Å². The van der Waals surface area contributed by atoms with Crippen LogP contribution in [0, 0.1) is 5.92 Å². The van der Waals surface area contributed by atoms with E-state index in [0.717, 1.165) is 48.5 Å². The maximum Gasteiger partial charge on any atom is 0.251 e. The average Bonchev–Trinajstić information content (AvgIpc) is 3.11. The number of aromatic amines is 1. The summed E-state index contributed by atoms with van der Waals surface area (Å²) < 4.78 is 5.45. The van der Waals surface area contributed by atoms with E-state index in [2.05, 4.69) is 15.3 Å². The van der Waals surface area contributed by atoms with E-state index >= 15 is 0 Å². The molecule has 1 amide bonds. The number of aromatic nitrogens is 2. The van der Waals surface area contributed by atoms with Gasteiger partial charge in [-0.15, -0.1) is 0 Å². The first-order chi connectivity index (χ1) is 12.3. The van der Waals surface area contributed by atoms with Crippen molar-refractivity contribution in [2.75, 3.05) is 19.8 Å². The van der Waals surface area contributed by atoms with Gasteiger partial charge in [0.15, 0.2) is 0 Å². The van der Waals surface area contributed by atoms with Crippen LogP contribution in [0.5, 0.6) is 0 Å². The molecule has 0 saturated carbocycles. The second-order valence-corrected chi connectivity index (χ2v) is 6.47. The molecule has 0 aliphatic carbocycles. The zero-order chi connectivity index (χ0) is 17.1. The number of carbonyl (C=O) groups is 1. The van der Waals surface area contributed by atoms with E-state index in [9.17, 15) is 4.79 Å². The Morgan fingerprint density at radius 1 is 1.20 bits per heavy atom. The third-order valence-electron chi connectivity index (χ3n) is 4.62. The Morgan fingerprint density at radius 2 is 2.04 bits per heavy atom. The topological polar surface area (TPSA) is 67.0 Å². The SMILES string of the molecule is O=C(NCC1CCCOC1)c1ccc(-c2nc3ccccc3[nH]2)cc1. The van der Waals surface area contributed by atoms with Gasteiger partial charge < -0.3 is 15.0 Å².